The molecule has 0 aromatic carbocycles. The summed E-state index contributed by atoms with van der Waals surface area (Å²) >= 11 is 0. The van der Waals surface area contributed by atoms with Crippen LogP contribution in [0.2, 0.25) is 0 Å². The maximum atomic E-state index is 5.25. The summed E-state index contributed by atoms with van der Waals surface area (Å²) in [6, 6.07) is 0. The molecule has 0 saturated carbocycles. The Morgan fingerprint density at radius 2 is 1.90 bits per heavy atom. The molecule has 0 aromatic heterocycles. The molecule has 0 spiro atoms. The van der Waals surface area contributed by atoms with Crippen LogP contribution in [0.5, 0.6) is 0 Å². The van der Waals surface area contributed by atoms with Crippen LogP contribution in [-0.4, -0.2) is 0 Å². The van der Waals surface area contributed by atoms with E-state index in [0.29, 0.717) is 0 Å². The van der Waals surface area contributed by atoms with Crippen molar-refractivity contribution in [1.82, 2.24) is 0 Å². The summed E-state index contributed by atoms with van der Waals surface area (Å²) in [5, 5.41) is 0. The number of nitrogens with two attached hydrogens (primary N) is 2. The van der Waals surface area contributed by atoms with Crippen LogP contribution in [-0.2, 0) is 0 Å². The summed E-state index contributed by atoms with van der Waals surface area (Å²) in [6.07, 6.45) is 6.15. The van der Waals surface area contributed by atoms with Gasteiger partial charge in [-0.2, -0.15) is 0 Å². The van der Waals surface area contributed by atoms with Gasteiger partial charge in [0.2, 0.25) is 0 Å². The molecule has 54 valence electrons. The molecule has 0 aromatic rings. The number of hydrogen-bond donors (Lipinski definition) is 2. The average molecular weight is 136 g/mol. The predicted octanol–water partition coefficient (Wildman–Crippen LogP) is 1.04. The second kappa shape index (κ2) is 4.44. The van der Waals surface area contributed by atoms with Crippen molar-refractivity contribution in [3.8, 4) is 0 Å². The van der Waals surface area contributed by atoms with Crippen molar-refractivity contribution in [2.24, 2.45) is 11.5 Å². The van der Waals surface area contributed by atoms with E-state index in [2.05, 4.69) is 13.2 Å². The summed E-state index contributed by atoms with van der Waals surface area (Å²) in [5.41, 5.74) is 11.9. The molecule has 10 heavy (non-hydrogen) atoms. The lowest BCUT2D eigenvalue weighted by atomic mass is 10.1. The van der Waals surface area contributed by atoms with Gasteiger partial charge in [0.05, 0.1) is 0 Å². The summed E-state index contributed by atoms with van der Waals surface area (Å²) in [4.78, 5) is 0. The molecule has 4 N–H and O–H groups in total. The molecule has 0 bridgehead atoms. The molecule has 2 heteroatoms. The normalized spacial score (nSPS) is 11.8. The summed E-state index contributed by atoms with van der Waals surface area (Å²) in [7, 11) is 0. The molecule has 0 saturated heterocycles. The van der Waals surface area contributed by atoms with E-state index in [1.807, 2.05) is 0 Å². The Balaban J connectivity index is 4.32. The van der Waals surface area contributed by atoms with Gasteiger partial charge in [0.1, 0.15) is 0 Å². The molecule has 2 nitrogen and oxygen atoms in total. The topological polar surface area (TPSA) is 52.0 Å². The molecule has 0 aliphatic rings. The first kappa shape index (κ1) is 8.56. The Bertz CT molecular complexity index is 187. The zero-order valence-corrected chi connectivity index (χ0v) is 5.88. The third-order valence-electron chi connectivity index (χ3n) is 1.07. The number of allylic oxidation sites excluding steroid dienone is 4. The first-order valence-corrected chi connectivity index (χ1v) is 2.88. The van der Waals surface area contributed by atoms with Crippen molar-refractivity contribution >= 4 is 0 Å². The van der Waals surface area contributed by atoms with Crippen molar-refractivity contribution in [2.45, 2.75) is 0 Å². The first-order chi connectivity index (χ1) is 4.76. The molecule has 0 fully saturated rings. The SMILES string of the molecule is C=C/C(=C\N)C(=C)/C=C\N. The molecule has 0 atom stereocenters. The van der Waals surface area contributed by atoms with Crippen LogP contribution >= 0.6 is 0 Å². The number of hydrogen-bond acceptors (Lipinski definition) is 2. The van der Waals surface area contributed by atoms with E-state index < -0.39 is 0 Å². The van der Waals surface area contributed by atoms with Crippen molar-refractivity contribution in [3.63, 3.8) is 0 Å². The minimum Gasteiger partial charge on any atom is -0.405 e. The zero-order valence-electron chi connectivity index (χ0n) is 5.88. The van der Waals surface area contributed by atoms with Crippen LogP contribution in [0, 0.1) is 0 Å². The quantitative estimate of drug-likeness (QED) is 0.569. The van der Waals surface area contributed by atoms with E-state index in [-0.39, 0.29) is 0 Å². The second-order valence-corrected chi connectivity index (χ2v) is 1.71. The highest BCUT2D eigenvalue weighted by atomic mass is 14.5. The van der Waals surface area contributed by atoms with Crippen molar-refractivity contribution < 1.29 is 0 Å². The van der Waals surface area contributed by atoms with Crippen molar-refractivity contribution in [2.75, 3.05) is 0 Å². The Hall–Kier alpha value is -1.44. The third-order valence-corrected chi connectivity index (χ3v) is 1.07. The van der Waals surface area contributed by atoms with E-state index in [9.17, 15) is 0 Å². The van der Waals surface area contributed by atoms with Gasteiger partial charge < -0.3 is 11.5 Å². The maximum absolute atomic E-state index is 5.25. The summed E-state index contributed by atoms with van der Waals surface area (Å²) in [5.74, 6) is 0. The monoisotopic (exact) mass is 136 g/mol. The zero-order chi connectivity index (χ0) is 7.98. The first-order valence-electron chi connectivity index (χ1n) is 2.88. The average Bonchev–Trinajstić information content (AvgIpc) is 1.91. The Labute approximate surface area is 61.2 Å². The van der Waals surface area contributed by atoms with Gasteiger partial charge in [-0.3, -0.25) is 0 Å². The minimum atomic E-state index is 0.764. The van der Waals surface area contributed by atoms with E-state index in [1.165, 1.54) is 12.4 Å². The molecule has 0 rings (SSSR count). The Kier molecular flexibility index (Phi) is 3.80. The molecular weight excluding hydrogens is 124 g/mol. The van der Waals surface area contributed by atoms with Crippen LogP contribution in [0.25, 0.3) is 0 Å². The van der Waals surface area contributed by atoms with Gasteiger partial charge in [-0.25, -0.2) is 0 Å². The second-order valence-electron chi connectivity index (χ2n) is 1.71. The Morgan fingerprint density at radius 1 is 1.30 bits per heavy atom. The molecule has 0 aliphatic carbocycles. The molecule has 0 heterocycles. The molecule has 0 aliphatic heterocycles. The van der Waals surface area contributed by atoms with E-state index in [1.54, 1.807) is 12.2 Å². The van der Waals surface area contributed by atoms with E-state index >= 15 is 0 Å². The molecule has 0 amide bonds. The lowest BCUT2D eigenvalue weighted by molar-refractivity contribution is 1.46. The van der Waals surface area contributed by atoms with Crippen LogP contribution in [0.1, 0.15) is 0 Å². The Morgan fingerprint density at radius 3 is 2.20 bits per heavy atom. The highest BCUT2D eigenvalue weighted by Crippen LogP contribution is 2.07. The highest BCUT2D eigenvalue weighted by Gasteiger charge is 1.90. The fourth-order valence-corrected chi connectivity index (χ4v) is 0.519. The van der Waals surface area contributed by atoms with Crippen LogP contribution in [0.15, 0.2) is 48.9 Å². The van der Waals surface area contributed by atoms with Gasteiger partial charge >= 0.3 is 0 Å². The van der Waals surface area contributed by atoms with Gasteiger partial charge in [0, 0.05) is 6.20 Å². The third kappa shape index (κ3) is 2.22. The van der Waals surface area contributed by atoms with Crippen molar-refractivity contribution in [3.05, 3.63) is 48.9 Å². The highest BCUT2D eigenvalue weighted by molar-refractivity contribution is 5.42. The van der Waals surface area contributed by atoms with Crippen molar-refractivity contribution in [1.29, 1.82) is 0 Å². The van der Waals surface area contributed by atoms with Gasteiger partial charge in [-0.15, -0.1) is 0 Å². The molecular formula is C8H12N2. The lowest BCUT2D eigenvalue weighted by Gasteiger charge is -1.96. The lowest BCUT2D eigenvalue weighted by Crippen LogP contribution is -1.88. The van der Waals surface area contributed by atoms with E-state index in [4.69, 9.17) is 11.5 Å². The minimum absolute atomic E-state index is 0.764. The fraction of sp³-hybridized carbons (Fsp3) is 0. The van der Waals surface area contributed by atoms with Gasteiger partial charge in [-0.05, 0) is 23.4 Å². The van der Waals surface area contributed by atoms with E-state index in [0.717, 1.165) is 11.1 Å². The number of rotatable bonds is 3. The predicted molar refractivity (Wildman–Crippen MR) is 44.9 cm³/mol. The van der Waals surface area contributed by atoms with Gasteiger partial charge in [0.15, 0.2) is 0 Å². The van der Waals surface area contributed by atoms with Gasteiger partial charge in [-0.1, -0.05) is 19.2 Å². The van der Waals surface area contributed by atoms with Crippen LogP contribution in [0.3, 0.4) is 0 Å². The largest absolute Gasteiger partial charge is 0.405 e. The van der Waals surface area contributed by atoms with Crippen LogP contribution in [0.4, 0.5) is 0 Å². The van der Waals surface area contributed by atoms with Crippen LogP contribution < -0.4 is 11.5 Å². The fourth-order valence-electron chi connectivity index (χ4n) is 0.519. The molecule has 0 unspecified atom stereocenters. The van der Waals surface area contributed by atoms with Gasteiger partial charge in [0.25, 0.3) is 0 Å². The smallest absolute Gasteiger partial charge is 0.00171 e. The summed E-state index contributed by atoms with van der Waals surface area (Å²) in [6.45, 7) is 7.25. The molecule has 0 radical (unpaired) electrons. The maximum Gasteiger partial charge on any atom is 0.00171 e. The summed E-state index contributed by atoms with van der Waals surface area (Å²) < 4.78 is 0. The standard InChI is InChI=1S/C8H12N2/c1-3-8(6-10)7(2)4-5-9/h3-6H,1-2,9-10H2/b5-4-,8-6+.